The number of hydrogen-bond donors (Lipinski definition) is 1. The van der Waals surface area contributed by atoms with Crippen molar-refractivity contribution in [2.45, 2.75) is 19.9 Å². The van der Waals surface area contributed by atoms with Crippen molar-refractivity contribution in [1.82, 2.24) is 14.5 Å². The van der Waals surface area contributed by atoms with Gasteiger partial charge in [-0.25, -0.2) is 0 Å². The van der Waals surface area contributed by atoms with Gasteiger partial charge in [0.2, 0.25) is 0 Å². The van der Waals surface area contributed by atoms with Crippen LogP contribution in [0.25, 0.3) is 27.4 Å². The molecule has 28 heavy (non-hydrogen) atoms. The third kappa shape index (κ3) is 2.64. The smallest absolute Gasteiger partial charge is 0.256 e. The van der Waals surface area contributed by atoms with Crippen LogP contribution < -0.4 is 0 Å². The lowest BCUT2D eigenvalue weighted by Gasteiger charge is -2.26. The molecule has 1 aliphatic rings. The number of nitrogens with zero attached hydrogens (tertiary/aromatic N) is 2. The highest BCUT2D eigenvalue weighted by molar-refractivity contribution is 6.07. The first kappa shape index (κ1) is 16.9. The van der Waals surface area contributed by atoms with Gasteiger partial charge in [-0.2, -0.15) is 0 Å². The van der Waals surface area contributed by atoms with E-state index in [0.717, 1.165) is 41.5 Å². The van der Waals surface area contributed by atoms with Crippen LogP contribution in [0.4, 0.5) is 0 Å². The highest BCUT2D eigenvalue weighted by atomic mass is 16.2. The van der Waals surface area contributed by atoms with Gasteiger partial charge in [0.1, 0.15) is 0 Å². The minimum atomic E-state index is 0.123. The summed E-state index contributed by atoms with van der Waals surface area (Å²) in [4.78, 5) is 18.5. The van der Waals surface area contributed by atoms with E-state index in [0.29, 0.717) is 6.54 Å². The minimum Gasteiger partial charge on any atom is -0.361 e. The molecular formula is C24H23N3O. The van der Waals surface area contributed by atoms with Crippen LogP contribution in [0.15, 0.2) is 67.0 Å². The number of carbonyl (C=O) groups excluding carboxylic acids is 1. The van der Waals surface area contributed by atoms with E-state index in [1.807, 2.05) is 35.4 Å². The second-order valence-electron chi connectivity index (χ2n) is 7.32. The molecule has 3 heterocycles. The summed E-state index contributed by atoms with van der Waals surface area (Å²) in [6.07, 6.45) is 7.17. The molecule has 140 valence electrons. The lowest BCUT2D eigenvalue weighted by atomic mass is 9.98. The quantitative estimate of drug-likeness (QED) is 0.538. The summed E-state index contributed by atoms with van der Waals surface area (Å²) in [5.74, 6) is 0.123. The summed E-state index contributed by atoms with van der Waals surface area (Å²) < 4.78 is 2.15. The van der Waals surface area contributed by atoms with Gasteiger partial charge < -0.3 is 14.5 Å². The van der Waals surface area contributed by atoms with E-state index >= 15 is 0 Å². The standard InChI is InChI=1S/C24H23N3O/c1-2-26-16-21(19-8-4-6-10-23(19)26)24(28)27-13-11-17(12-14-27)20-15-25-22-9-5-3-7-18(20)22/h3-11,15-16,25H,2,12-14H2,1H3. The van der Waals surface area contributed by atoms with E-state index in [1.54, 1.807) is 0 Å². The molecule has 0 spiro atoms. The van der Waals surface area contributed by atoms with Gasteiger partial charge in [-0.3, -0.25) is 4.79 Å². The number of aromatic amines is 1. The van der Waals surface area contributed by atoms with E-state index in [1.165, 1.54) is 16.5 Å². The first-order chi connectivity index (χ1) is 13.8. The summed E-state index contributed by atoms with van der Waals surface area (Å²) in [6, 6.07) is 16.5. The van der Waals surface area contributed by atoms with Crippen LogP contribution in [0.1, 0.15) is 29.3 Å². The Morgan fingerprint density at radius 3 is 2.64 bits per heavy atom. The fourth-order valence-electron chi connectivity index (χ4n) is 4.28. The second-order valence-corrected chi connectivity index (χ2v) is 7.32. The summed E-state index contributed by atoms with van der Waals surface area (Å²) in [5, 5.41) is 2.29. The molecule has 0 radical (unpaired) electrons. The zero-order valence-electron chi connectivity index (χ0n) is 16.0. The monoisotopic (exact) mass is 369 g/mol. The molecule has 5 rings (SSSR count). The van der Waals surface area contributed by atoms with Crippen molar-refractivity contribution in [3.05, 3.63) is 78.1 Å². The fourth-order valence-corrected chi connectivity index (χ4v) is 4.28. The maximum atomic E-state index is 13.2. The number of amides is 1. The number of hydrogen-bond acceptors (Lipinski definition) is 1. The molecule has 1 aliphatic heterocycles. The first-order valence-corrected chi connectivity index (χ1v) is 9.89. The summed E-state index contributed by atoms with van der Waals surface area (Å²) >= 11 is 0. The molecule has 0 fully saturated rings. The highest BCUT2D eigenvalue weighted by Gasteiger charge is 2.23. The van der Waals surface area contributed by atoms with Gasteiger partial charge >= 0.3 is 0 Å². The van der Waals surface area contributed by atoms with Crippen molar-refractivity contribution >= 4 is 33.3 Å². The molecule has 4 nitrogen and oxygen atoms in total. The Labute approximate surface area is 164 Å². The predicted molar refractivity (Wildman–Crippen MR) is 114 cm³/mol. The van der Waals surface area contributed by atoms with Gasteiger partial charge in [0, 0.05) is 59.4 Å². The van der Waals surface area contributed by atoms with Gasteiger partial charge in [-0.15, -0.1) is 0 Å². The highest BCUT2D eigenvalue weighted by Crippen LogP contribution is 2.30. The number of rotatable bonds is 3. The molecule has 0 unspecified atom stereocenters. The molecule has 4 heteroatoms. The van der Waals surface area contributed by atoms with Crippen LogP contribution >= 0.6 is 0 Å². The maximum Gasteiger partial charge on any atom is 0.256 e. The van der Waals surface area contributed by atoms with Crippen molar-refractivity contribution in [3.63, 3.8) is 0 Å². The van der Waals surface area contributed by atoms with Crippen molar-refractivity contribution < 1.29 is 4.79 Å². The van der Waals surface area contributed by atoms with E-state index in [4.69, 9.17) is 0 Å². The van der Waals surface area contributed by atoms with Gasteiger partial charge in [0.15, 0.2) is 0 Å². The third-order valence-electron chi connectivity index (χ3n) is 5.79. The predicted octanol–water partition coefficient (Wildman–Crippen LogP) is 5.07. The van der Waals surface area contributed by atoms with Crippen LogP contribution in [-0.2, 0) is 6.54 Å². The third-order valence-corrected chi connectivity index (χ3v) is 5.79. The average Bonchev–Trinajstić information content (AvgIpc) is 3.35. The topological polar surface area (TPSA) is 41.0 Å². The van der Waals surface area contributed by atoms with Gasteiger partial charge in [-0.1, -0.05) is 42.5 Å². The van der Waals surface area contributed by atoms with Crippen LogP contribution in [-0.4, -0.2) is 33.4 Å². The Morgan fingerprint density at radius 2 is 1.86 bits per heavy atom. The largest absolute Gasteiger partial charge is 0.361 e. The summed E-state index contributed by atoms with van der Waals surface area (Å²) in [7, 11) is 0. The molecule has 0 saturated heterocycles. The maximum absolute atomic E-state index is 13.2. The summed E-state index contributed by atoms with van der Waals surface area (Å²) in [5.41, 5.74) is 5.66. The fraction of sp³-hybridized carbons (Fsp3) is 0.208. The average molecular weight is 369 g/mol. The zero-order valence-corrected chi connectivity index (χ0v) is 16.0. The Kier molecular flexibility index (Phi) is 4.05. The van der Waals surface area contributed by atoms with Crippen LogP contribution in [0.5, 0.6) is 0 Å². The number of aryl methyl sites for hydroxylation is 1. The number of para-hydroxylation sites is 2. The molecule has 1 amide bonds. The van der Waals surface area contributed by atoms with Crippen molar-refractivity contribution in [2.75, 3.05) is 13.1 Å². The normalized spacial score (nSPS) is 14.6. The summed E-state index contributed by atoms with van der Waals surface area (Å²) in [6.45, 7) is 4.37. The molecule has 0 bridgehead atoms. The van der Waals surface area contributed by atoms with Crippen molar-refractivity contribution in [3.8, 4) is 0 Å². The molecule has 4 aromatic rings. The van der Waals surface area contributed by atoms with Crippen molar-refractivity contribution in [2.24, 2.45) is 0 Å². The van der Waals surface area contributed by atoms with Gasteiger partial charge in [0.25, 0.3) is 5.91 Å². The lowest BCUT2D eigenvalue weighted by Crippen LogP contribution is -2.34. The number of H-pyrrole nitrogens is 1. The molecule has 2 aromatic carbocycles. The van der Waals surface area contributed by atoms with E-state index < -0.39 is 0 Å². The number of aromatic nitrogens is 2. The molecule has 2 aromatic heterocycles. The Morgan fingerprint density at radius 1 is 1.07 bits per heavy atom. The molecule has 0 atom stereocenters. The van der Waals surface area contributed by atoms with E-state index in [-0.39, 0.29) is 5.91 Å². The van der Waals surface area contributed by atoms with E-state index in [2.05, 4.69) is 53.0 Å². The van der Waals surface area contributed by atoms with Gasteiger partial charge in [-0.05, 0) is 31.1 Å². The van der Waals surface area contributed by atoms with Crippen molar-refractivity contribution in [1.29, 1.82) is 0 Å². The first-order valence-electron chi connectivity index (χ1n) is 9.89. The SMILES string of the molecule is CCn1cc(C(=O)N2CC=C(c3c[nH]c4ccccc34)CC2)c2ccccc21. The Hall–Kier alpha value is -3.27. The minimum absolute atomic E-state index is 0.123. The number of carbonyl (C=O) groups is 1. The Bertz CT molecular complexity index is 1210. The van der Waals surface area contributed by atoms with Crippen LogP contribution in [0.3, 0.4) is 0 Å². The molecule has 1 N–H and O–H groups in total. The number of nitrogens with one attached hydrogen (secondary N) is 1. The second kappa shape index (κ2) is 6.71. The zero-order chi connectivity index (χ0) is 19.1. The number of benzene rings is 2. The molecule has 0 saturated carbocycles. The lowest BCUT2D eigenvalue weighted by molar-refractivity contribution is 0.0774. The molecular weight excluding hydrogens is 346 g/mol. The van der Waals surface area contributed by atoms with E-state index in [9.17, 15) is 4.79 Å². The Balaban J connectivity index is 1.43. The van der Waals surface area contributed by atoms with Crippen LogP contribution in [0, 0.1) is 0 Å². The van der Waals surface area contributed by atoms with Gasteiger partial charge in [0.05, 0.1) is 5.56 Å². The van der Waals surface area contributed by atoms with Crippen LogP contribution in [0.2, 0.25) is 0 Å². The molecule has 0 aliphatic carbocycles. The number of fused-ring (bicyclic) bond motifs is 2.